The van der Waals surface area contributed by atoms with Gasteiger partial charge in [-0.25, -0.2) is 0 Å². The van der Waals surface area contributed by atoms with Crippen LogP contribution < -0.4 is 20.1 Å². The van der Waals surface area contributed by atoms with Gasteiger partial charge in [0, 0.05) is 29.7 Å². The first-order valence-electron chi connectivity index (χ1n) is 8.16. The van der Waals surface area contributed by atoms with Gasteiger partial charge in [-0.2, -0.15) is 0 Å². The van der Waals surface area contributed by atoms with Gasteiger partial charge in [0.05, 0.1) is 19.1 Å². The Labute approximate surface area is 160 Å². The third-order valence-electron chi connectivity index (χ3n) is 4.40. The molecule has 0 radical (unpaired) electrons. The molecular formula is C18H20BrN3O4. The Morgan fingerprint density at radius 1 is 1.23 bits per heavy atom. The van der Waals surface area contributed by atoms with Crippen LogP contribution in [0.25, 0.3) is 0 Å². The number of benzene rings is 2. The first-order valence-corrected chi connectivity index (χ1v) is 8.96. The van der Waals surface area contributed by atoms with Gasteiger partial charge in [-0.3, -0.25) is 10.1 Å². The van der Waals surface area contributed by atoms with Crippen LogP contribution in [0.3, 0.4) is 0 Å². The third kappa shape index (κ3) is 3.91. The topological polar surface area (TPSA) is 85.7 Å². The number of nitro groups is 1. The van der Waals surface area contributed by atoms with Gasteiger partial charge < -0.3 is 20.1 Å². The van der Waals surface area contributed by atoms with Crippen LogP contribution in [0.15, 0.2) is 34.8 Å². The molecule has 138 valence electrons. The Morgan fingerprint density at radius 2 is 2.00 bits per heavy atom. The van der Waals surface area contributed by atoms with Gasteiger partial charge in [0.2, 0.25) is 0 Å². The van der Waals surface area contributed by atoms with E-state index in [4.69, 9.17) is 9.47 Å². The van der Waals surface area contributed by atoms with Gasteiger partial charge in [-0.05, 0) is 35.7 Å². The van der Waals surface area contributed by atoms with Gasteiger partial charge in [0.25, 0.3) is 5.69 Å². The highest BCUT2D eigenvalue weighted by molar-refractivity contribution is 9.10. The average Bonchev–Trinajstić information content (AvgIpc) is 2.83. The quantitative estimate of drug-likeness (QED) is 0.567. The van der Waals surface area contributed by atoms with Crippen LogP contribution in [0.2, 0.25) is 0 Å². The summed E-state index contributed by atoms with van der Waals surface area (Å²) in [5.74, 6) is 1.38. The summed E-state index contributed by atoms with van der Waals surface area (Å²) in [7, 11) is 3.22. The molecule has 0 fully saturated rings. The second-order valence-electron chi connectivity index (χ2n) is 6.07. The predicted octanol–water partition coefficient (Wildman–Crippen LogP) is 3.50. The molecule has 0 amide bonds. The van der Waals surface area contributed by atoms with Crippen LogP contribution in [0.1, 0.15) is 11.1 Å². The lowest BCUT2D eigenvalue weighted by Crippen LogP contribution is -2.34. The molecule has 0 spiro atoms. The van der Waals surface area contributed by atoms with Crippen molar-refractivity contribution in [2.45, 2.75) is 19.0 Å². The molecule has 7 nitrogen and oxygen atoms in total. The molecule has 1 unspecified atom stereocenters. The number of rotatable bonds is 5. The number of hydrogen-bond donors (Lipinski definition) is 2. The Balaban J connectivity index is 1.77. The fraction of sp³-hybridized carbons (Fsp3) is 0.333. The molecular weight excluding hydrogens is 402 g/mol. The summed E-state index contributed by atoms with van der Waals surface area (Å²) in [6, 6.07) is 9.40. The third-order valence-corrected chi connectivity index (χ3v) is 4.85. The highest BCUT2D eigenvalue weighted by Gasteiger charge is 2.23. The molecule has 0 aliphatic carbocycles. The highest BCUT2D eigenvalue weighted by atomic mass is 79.9. The Morgan fingerprint density at radius 3 is 2.69 bits per heavy atom. The maximum Gasteiger partial charge on any atom is 0.293 e. The summed E-state index contributed by atoms with van der Waals surface area (Å²) in [5.41, 5.74) is 2.65. The van der Waals surface area contributed by atoms with Gasteiger partial charge in [-0.1, -0.05) is 22.0 Å². The lowest BCUT2D eigenvalue weighted by molar-refractivity contribution is -0.384. The van der Waals surface area contributed by atoms with E-state index in [0.717, 1.165) is 17.5 Å². The second-order valence-corrected chi connectivity index (χ2v) is 6.98. The zero-order chi connectivity index (χ0) is 18.7. The van der Waals surface area contributed by atoms with E-state index in [2.05, 4.69) is 26.6 Å². The number of anilines is 1. The molecule has 1 atom stereocenters. The molecule has 8 heteroatoms. The van der Waals surface area contributed by atoms with Gasteiger partial charge in [0.15, 0.2) is 11.5 Å². The van der Waals surface area contributed by atoms with Gasteiger partial charge >= 0.3 is 0 Å². The monoisotopic (exact) mass is 421 g/mol. The smallest absolute Gasteiger partial charge is 0.293 e. The van der Waals surface area contributed by atoms with E-state index in [1.807, 2.05) is 24.3 Å². The zero-order valence-electron chi connectivity index (χ0n) is 14.5. The van der Waals surface area contributed by atoms with E-state index in [1.54, 1.807) is 14.2 Å². The van der Waals surface area contributed by atoms with Crippen LogP contribution in [0.5, 0.6) is 11.5 Å². The van der Waals surface area contributed by atoms with Crippen molar-refractivity contribution in [2.24, 2.45) is 0 Å². The van der Waals surface area contributed by atoms with Crippen LogP contribution in [0, 0.1) is 10.1 Å². The number of nitrogens with zero attached hydrogens (tertiary/aromatic N) is 1. The van der Waals surface area contributed by atoms with Crippen molar-refractivity contribution in [3.8, 4) is 11.5 Å². The van der Waals surface area contributed by atoms with Crippen molar-refractivity contribution in [2.75, 3.05) is 26.1 Å². The standard InChI is InChI=1S/C18H20BrN3O4/c1-25-16-4-3-11(6-17(16)26-2)5-14-10-21-18-12(9-20-14)7-13(19)8-15(18)22(23)24/h3-4,6-8,14,20-21H,5,9-10H2,1-2H3. The molecule has 1 heterocycles. The number of methoxy groups -OCH3 is 2. The average molecular weight is 422 g/mol. The Kier molecular flexibility index (Phi) is 5.63. The number of ether oxygens (including phenoxy) is 2. The minimum atomic E-state index is -0.356. The minimum Gasteiger partial charge on any atom is -0.493 e. The SMILES string of the molecule is COc1ccc(CC2CNc3c(cc(Br)cc3[N+](=O)[O-])CN2)cc1OC. The number of nitro benzene ring substituents is 1. The van der Waals surface area contributed by atoms with Crippen molar-refractivity contribution in [1.29, 1.82) is 0 Å². The van der Waals surface area contributed by atoms with E-state index in [1.165, 1.54) is 6.07 Å². The fourth-order valence-corrected chi connectivity index (χ4v) is 3.62. The molecule has 1 aliphatic rings. The summed E-state index contributed by atoms with van der Waals surface area (Å²) in [4.78, 5) is 11.0. The summed E-state index contributed by atoms with van der Waals surface area (Å²) >= 11 is 3.35. The molecule has 2 aromatic rings. The summed E-state index contributed by atoms with van der Waals surface area (Å²) < 4.78 is 11.3. The van der Waals surface area contributed by atoms with Crippen LogP contribution in [-0.2, 0) is 13.0 Å². The van der Waals surface area contributed by atoms with Crippen LogP contribution in [-0.4, -0.2) is 31.7 Å². The summed E-state index contributed by atoms with van der Waals surface area (Å²) in [6.45, 7) is 1.14. The number of hydrogen-bond acceptors (Lipinski definition) is 6. The molecule has 26 heavy (non-hydrogen) atoms. The highest BCUT2D eigenvalue weighted by Crippen LogP contribution is 2.34. The minimum absolute atomic E-state index is 0.0861. The van der Waals surface area contributed by atoms with Crippen LogP contribution >= 0.6 is 15.9 Å². The molecule has 0 bridgehead atoms. The van der Waals surface area contributed by atoms with Crippen molar-refractivity contribution < 1.29 is 14.4 Å². The largest absolute Gasteiger partial charge is 0.493 e. The van der Waals surface area contributed by atoms with Crippen molar-refractivity contribution in [3.05, 3.63) is 56.0 Å². The maximum absolute atomic E-state index is 11.3. The number of fused-ring (bicyclic) bond motifs is 1. The zero-order valence-corrected chi connectivity index (χ0v) is 16.1. The second kappa shape index (κ2) is 7.92. The lowest BCUT2D eigenvalue weighted by Gasteiger charge is -2.17. The predicted molar refractivity (Wildman–Crippen MR) is 103 cm³/mol. The molecule has 0 aromatic heterocycles. The molecule has 3 rings (SSSR count). The Hall–Kier alpha value is -2.32. The summed E-state index contributed by atoms with van der Waals surface area (Å²) in [6.07, 6.45) is 0.760. The fourth-order valence-electron chi connectivity index (χ4n) is 3.12. The number of halogens is 1. The van der Waals surface area contributed by atoms with E-state index in [9.17, 15) is 10.1 Å². The van der Waals surface area contributed by atoms with E-state index in [0.29, 0.717) is 34.7 Å². The van der Waals surface area contributed by atoms with Crippen molar-refractivity contribution >= 4 is 27.3 Å². The van der Waals surface area contributed by atoms with E-state index >= 15 is 0 Å². The number of nitrogens with one attached hydrogen (secondary N) is 2. The van der Waals surface area contributed by atoms with Crippen molar-refractivity contribution in [3.63, 3.8) is 0 Å². The molecule has 1 aliphatic heterocycles. The first kappa shape index (κ1) is 18.5. The molecule has 2 N–H and O–H groups in total. The summed E-state index contributed by atoms with van der Waals surface area (Å²) in [5, 5.41) is 18.0. The van der Waals surface area contributed by atoms with Gasteiger partial charge in [-0.15, -0.1) is 0 Å². The Bertz CT molecular complexity index is 828. The van der Waals surface area contributed by atoms with Gasteiger partial charge in [0.1, 0.15) is 5.69 Å². The van der Waals surface area contributed by atoms with Crippen molar-refractivity contribution in [1.82, 2.24) is 5.32 Å². The molecule has 2 aromatic carbocycles. The van der Waals surface area contributed by atoms with E-state index in [-0.39, 0.29) is 16.7 Å². The lowest BCUT2D eigenvalue weighted by atomic mass is 10.1. The van der Waals surface area contributed by atoms with Crippen LogP contribution in [0.4, 0.5) is 11.4 Å². The molecule has 0 saturated heterocycles. The normalized spacial score (nSPS) is 16.2. The maximum atomic E-state index is 11.3. The van der Waals surface area contributed by atoms with E-state index < -0.39 is 0 Å². The molecule has 0 saturated carbocycles. The first-order chi connectivity index (χ1) is 12.5.